The van der Waals surface area contributed by atoms with Crippen molar-refractivity contribution >= 4 is 23.3 Å². The molecule has 1 amide bonds. The first-order chi connectivity index (χ1) is 12.5. The Labute approximate surface area is 158 Å². The Hall–Kier alpha value is -2.34. The summed E-state index contributed by atoms with van der Waals surface area (Å²) in [5, 5.41) is 0.530. The van der Waals surface area contributed by atoms with Crippen LogP contribution in [0.1, 0.15) is 20.8 Å². The minimum Gasteiger partial charge on any atom is -0.437 e. The first-order valence-electron chi connectivity index (χ1n) is 8.75. The Morgan fingerprint density at radius 3 is 2.73 bits per heavy atom. The summed E-state index contributed by atoms with van der Waals surface area (Å²) >= 11 is 6.14. The number of hydrogen-bond donors (Lipinski definition) is 0. The van der Waals surface area contributed by atoms with Crippen molar-refractivity contribution in [1.82, 2.24) is 14.9 Å². The normalized spacial score (nSPS) is 17.5. The van der Waals surface area contributed by atoms with Gasteiger partial charge in [0.2, 0.25) is 11.8 Å². The molecule has 1 aliphatic rings. The van der Waals surface area contributed by atoms with Crippen molar-refractivity contribution in [3.63, 3.8) is 0 Å². The third-order valence-electron chi connectivity index (χ3n) is 4.41. The molecule has 0 aliphatic carbocycles. The molecule has 6 nitrogen and oxygen atoms in total. The van der Waals surface area contributed by atoms with Crippen LogP contribution in [0.3, 0.4) is 0 Å². The Morgan fingerprint density at radius 2 is 2.04 bits per heavy atom. The van der Waals surface area contributed by atoms with Gasteiger partial charge in [0.15, 0.2) is 0 Å². The van der Waals surface area contributed by atoms with Gasteiger partial charge in [-0.2, -0.15) is 0 Å². The fourth-order valence-corrected chi connectivity index (χ4v) is 3.20. The van der Waals surface area contributed by atoms with Crippen LogP contribution in [0.4, 0.5) is 5.82 Å². The number of ether oxygens (including phenoxy) is 1. The van der Waals surface area contributed by atoms with E-state index in [-0.39, 0.29) is 17.9 Å². The quantitative estimate of drug-likeness (QED) is 0.818. The highest BCUT2D eigenvalue weighted by molar-refractivity contribution is 6.32. The number of nitrogens with zero attached hydrogens (tertiary/aromatic N) is 4. The van der Waals surface area contributed by atoms with Gasteiger partial charge in [-0.05, 0) is 19.1 Å². The molecular weight excluding hydrogens is 352 g/mol. The number of amides is 1. The fourth-order valence-electron chi connectivity index (χ4n) is 3.02. The second-order valence-electron chi connectivity index (χ2n) is 6.73. The van der Waals surface area contributed by atoms with E-state index in [1.807, 2.05) is 30.9 Å². The van der Waals surface area contributed by atoms with Crippen LogP contribution in [0.15, 0.2) is 36.7 Å². The summed E-state index contributed by atoms with van der Waals surface area (Å²) in [6.07, 6.45) is 1.48. The molecule has 138 valence electrons. The summed E-state index contributed by atoms with van der Waals surface area (Å²) in [7, 11) is 0. The number of benzene rings is 1. The van der Waals surface area contributed by atoms with E-state index in [1.165, 1.54) is 6.33 Å². The van der Waals surface area contributed by atoms with Gasteiger partial charge < -0.3 is 14.5 Å². The van der Waals surface area contributed by atoms with Crippen LogP contribution < -0.4 is 9.64 Å². The molecular formula is C19H23ClN4O2. The van der Waals surface area contributed by atoms with E-state index < -0.39 is 0 Å². The number of rotatable bonds is 4. The topological polar surface area (TPSA) is 58.6 Å². The lowest BCUT2D eigenvalue weighted by Crippen LogP contribution is -2.55. The van der Waals surface area contributed by atoms with Gasteiger partial charge in [-0.3, -0.25) is 4.79 Å². The Kier molecular flexibility index (Phi) is 5.61. The second-order valence-corrected chi connectivity index (χ2v) is 7.14. The van der Waals surface area contributed by atoms with Crippen LogP contribution in [0.5, 0.6) is 11.6 Å². The van der Waals surface area contributed by atoms with Crippen LogP contribution in [0.25, 0.3) is 0 Å². The summed E-state index contributed by atoms with van der Waals surface area (Å²) in [4.78, 5) is 24.9. The molecule has 26 heavy (non-hydrogen) atoms. The monoisotopic (exact) mass is 374 g/mol. The zero-order valence-electron chi connectivity index (χ0n) is 15.2. The van der Waals surface area contributed by atoms with Crippen molar-refractivity contribution < 1.29 is 9.53 Å². The van der Waals surface area contributed by atoms with Crippen LogP contribution in [0, 0.1) is 5.92 Å². The van der Waals surface area contributed by atoms with Gasteiger partial charge in [0, 0.05) is 37.7 Å². The highest BCUT2D eigenvalue weighted by Gasteiger charge is 2.29. The SMILES string of the molecule is CC(C)C(=O)N1CCN(c2cc(Oc3ccccc3Cl)ncn2)CC1C. The molecule has 0 spiro atoms. The van der Waals surface area contributed by atoms with Crippen LogP contribution in [0.2, 0.25) is 5.02 Å². The summed E-state index contributed by atoms with van der Waals surface area (Å²) in [6.45, 7) is 8.07. The molecule has 1 saturated heterocycles. The predicted octanol–water partition coefficient (Wildman–Crippen LogP) is 3.62. The third kappa shape index (κ3) is 4.07. The molecule has 1 atom stereocenters. The van der Waals surface area contributed by atoms with Crippen LogP contribution >= 0.6 is 11.6 Å². The number of aromatic nitrogens is 2. The molecule has 1 aromatic heterocycles. The van der Waals surface area contributed by atoms with E-state index in [0.29, 0.717) is 23.2 Å². The maximum Gasteiger partial charge on any atom is 0.225 e. The summed E-state index contributed by atoms with van der Waals surface area (Å²) in [6, 6.07) is 9.20. The standard InChI is InChI=1S/C19H23ClN4O2/c1-13(2)19(25)24-9-8-23(11-14(24)3)17-10-18(22-12-21-17)26-16-7-5-4-6-15(16)20/h4-7,10,12-14H,8-9,11H2,1-3H3. The number of anilines is 1. The molecule has 1 aromatic carbocycles. The lowest BCUT2D eigenvalue weighted by molar-refractivity contribution is -0.136. The number of carbonyl (C=O) groups excluding carboxylic acids is 1. The van der Waals surface area contributed by atoms with Gasteiger partial charge in [0.25, 0.3) is 0 Å². The van der Waals surface area contributed by atoms with E-state index in [1.54, 1.807) is 18.2 Å². The van der Waals surface area contributed by atoms with E-state index in [0.717, 1.165) is 18.9 Å². The van der Waals surface area contributed by atoms with Crippen LogP contribution in [-0.2, 0) is 4.79 Å². The van der Waals surface area contributed by atoms with E-state index in [4.69, 9.17) is 16.3 Å². The Bertz CT molecular complexity index is 784. The van der Waals surface area contributed by atoms with Gasteiger partial charge >= 0.3 is 0 Å². The highest BCUT2D eigenvalue weighted by atomic mass is 35.5. The molecule has 2 heterocycles. The number of carbonyl (C=O) groups is 1. The smallest absolute Gasteiger partial charge is 0.225 e. The molecule has 2 aromatic rings. The van der Waals surface area contributed by atoms with E-state index in [9.17, 15) is 4.79 Å². The fraction of sp³-hybridized carbons (Fsp3) is 0.421. The molecule has 1 unspecified atom stereocenters. The first-order valence-corrected chi connectivity index (χ1v) is 9.13. The summed E-state index contributed by atoms with van der Waals surface area (Å²) < 4.78 is 5.78. The predicted molar refractivity (Wildman–Crippen MR) is 102 cm³/mol. The number of hydrogen-bond acceptors (Lipinski definition) is 5. The van der Waals surface area contributed by atoms with Crippen molar-refractivity contribution in [2.75, 3.05) is 24.5 Å². The van der Waals surface area contributed by atoms with Crippen molar-refractivity contribution in [2.24, 2.45) is 5.92 Å². The molecule has 0 bridgehead atoms. The molecule has 7 heteroatoms. The molecule has 0 radical (unpaired) electrons. The number of halogens is 1. The van der Waals surface area contributed by atoms with Gasteiger partial charge in [0.05, 0.1) is 5.02 Å². The minimum atomic E-state index is 0.0127. The van der Waals surface area contributed by atoms with Gasteiger partial charge in [0.1, 0.15) is 17.9 Å². The lowest BCUT2D eigenvalue weighted by Gasteiger charge is -2.41. The van der Waals surface area contributed by atoms with E-state index >= 15 is 0 Å². The molecule has 3 rings (SSSR count). The zero-order valence-corrected chi connectivity index (χ0v) is 16.0. The Balaban J connectivity index is 1.71. The molecule has 0 N–H and O–H groups in total. The van der Waals surface area contributed by atoms with Crippen molar-refractivity contribution in [2.45, 2.75) is 26.8 Å². The number of piperazine rings is 1. The average Bonchev–Trinajstić information content (AvgIpc) is 2.63. The highest BCUT2D eigenvalue weighted by Crippen LogP contribution is 2.29. The average molecular weight is 375 g/mol. The maximum atomic E-state index is 12.3. The molecule has 1 fully saturated rings. The number of para-hydroxylation sites is 1. The molecule has 1 aliphatic heterocycles. The van der Waals surface area contributed by atoms with Gasteiger partial charge in [-0.25, -0.2) is 9.97 Å². The zero-order chi connectivity index (χ0) is 18.7. The molecule has 0 saturated carbocycles. The lowest BCUT2D eigenvalue weighted by atomic mass is 10.1. The van der Waals surface area contributed by atoms with E-state index in [2.05, 4.69) is 21.8 Å². The second kappa shape index (κ2) is 7.91. The summed E-state index contributed by atoms with van der Waals surface area (Å²) in [5.41, 5.74) is 0. The largest absolute Gasteiger partial charge is 0.437 e. The van der Waals surface area contributed by atoms with Gasteiger partial charge in [-0.1, -0.05) is 37.6 Å². The maximum absolute atomic E-state index is 12.3. The van der Waals surface area contributed by atoms with Gasteiger partial charge in [-0.15, -0.1) is 0 Å². The van der Waals surface area contributed by atoms with Crippen molar-refractivity contribution in [3.8, 4) is 11.6 Å². The third-order valence-corrected chi connectivity index (χ3v) is 4.72. The van der Waals surface area contributed by atoms with Crippen molar-refractivity contribution in [1.29, 1.82) is 0 Å². The van der Waals surface area contributed by atoms with Crippen LogP contribution in [-0.4, -0.2) is 46.5 Å². The summed E-state index contributed by atoms with van der Waals surface area (Å²) in [5.74, 6) is 1.99. The Morgan fingerprint density at radius 1 is 1.27 bits per heavy atom. The first kappa shape index (κ1) is 18.5. The van der Waals surface area contributed by atoms with Crippen molar-refractivity contribution in [3.05, 3.63) is 41.7 Å². The minimum absolute atomic E-state index is 0.0127.